The van der Waals surface area contributed by atoms with Gasteiger partial charge in [-0.3, -0.25) is 9.59 Å². The number of aromatic nitrogens is 2. The predicted octanol–water partition coefficient (Wildman–Crippen LogP) is 4.84. The minimum atomic E-state index is -4.46. The molecule has 3 aromatic rings. The van der Waals surface area contributed by atoms with Crippen molar-refractivity contribution in [1.82, 2.24) is 15.3 Å². The molecule has 0 bridgehead atoms. The number of rotatable bonds is 9. The third-order valence-electron chi connectivity index (χ3n) is 5.80. The molecule has 34 heavy (non-hydrogen) atoms. The standard InChI is InChI=1S/C25H23F3N4O2/c26-25(27,28)21-3-1-2-4-22(21)32-19-7-5-17(6-8-19)15-31-23(34)24(9-10-24)12-20(33)11-18-13-29-16-30-14-18/h1-8,13-14,16,32H,9-12,15H2,(H,31,34). The molecule has 1 aliphatic rings. The molecule has 9 heteroatoms. The van der Waals surface area contributed by atoms with E-state index in [1.54, 1.807) is 36.7 Å². The number of hydrogen-bond donors (Lipinski definition) is 2. The highest BCUT2D eigenvalue weighted by molar-refractivity contribution is 5.92. The van der Waals surface area contributed by atoms with E-state index in [1.807, 2.05) is 0 Å². The molecular weight excluding hydrogens is 445 g/mol. The largest absolute Gasteiger partial charge is 0.418 e. The Balaban J connectivity index is 1.30. The molecule has 1 saturated carbocycles. The maximum Gasteiger partial charge on any atom is 0.418 e. The van der Waals surface area contributed by atoms with Crippen LogP contribution in [0.1, 0.15) is 36.0 Å². The summed E-state index contributed by atoms with van der Waals surface area (Å²) < 4.78 is 39.5. The Morgan fingerprint density at radius 1 is 0.941 bits per heavy atom. The normalized spacial score (nSPS) is 14.3. The van der Waals surface area contributed by atoms with Crippen LogP contribution < -0.4 is 10.6 Å². The van der Waals surface area contributed by atoms with Crippen LogP contribution in [0.25, 0.3) is 0 Å². The van der Waals surface area contributed by atoms with Crippen LogP contribution in [0, 0.1) is 5.41 Å². The lowest BCUT2D eigenvalue weighted by Gasteiger charge is -2.16. The summed E-state index contributed by atoms with van der Waals surface area (Å²) in [5, 5.41) is 5.68. The molecule has 6 nitrogen and oxygen atoms in total. The number of carbonyl (C=O) groups excluding carboxylic acids is 2. The molecule has 4 rings (SSSR count). The Hall–Kier alpha value is -3.75. The molecule has 0 radical (unpaired) electrons. The number of nitrogens with one attached hydrogen (secondary N) is 2. The smallest absolute Gasteiger partial charge is 0.355 e. The number of ketones is 1. The fourth-order valence-electron chi connectivity index (χ4n) is 3.79. The Bertz CT molecular complexity index is 1160. The van der Waals surface area contributed by atoms with Gasteiger partial charge >= 0.3 is 6.18 Å². The molecule has 2 N–H and O–H groups in total. The van der Waals surface area contributed by atoms with Crippen LogP contribution in [0.4, 0.5) is 24.5 Å². The second-order valence-electron chi connectivity index (χ2n) is 8.47. The van der Waals surface area contributed by atoms with Crippen molar-refractivity contribution in [3.05, 3.63) is 83.9 Å². The summed E-state index contributed by atoms with van der Waals surface area (Å²) in [6, 6.07) is 12.1. The van der Waals surface area contributed by atoms with Crippen LogP contribution in [-0.4, -0.2) is 21.7 Å². The molecule has 0 aliphatic heterocycles. The van der Waals surface area contributed by atoms with E-state index in [-0.39, 0.29) is 36.8 Å². The summed E-state index contributed by atoms with van der Waals surface area (Å²) in [5.41, 5.74) is 0.590. The fraction of sp³-hybridized carbons (Fsp3) is 0.280. The number of hydrogen-bond acceptors (Lipinski definition) is 5. The highest BCUT2D eigenvalue weighted by Crippen LogP contribution is 2.49. The Labute approximate surface area is 194 Å². The first-order chi connectivity index (χ1) is 16.2. The minimum absolute atomic E-state index is 0.0292. The number of benzene rings is 2. The molecule has 0 atom stereocenters. The number of anilines is 2. The summed E-state index contributed by atoms with van der Waals surface area (Å²) in [5.74, 6) is -0.191. The zero-order valence-electron chi connectivity index (χ0n) is 18.2. The Kier molecular flexibility index (Phi) is 6.63. The van der Waals surface area contributed by atoms with E-state index in [1.165, 1.54) is 24.5 Å². The van der Waals surface area contributed by atoms with Crippen molar-refractivity contribution in [3.8, 4) is 0 Å². The number of Topliss-reactive ketones (excluding diaryl/α,β-unsaturated/α-hetero) is 1. The maximum absolute atomic E-state index is 13.2. The van der Waals surface area contributed by atoms with Crippen LogP contribution in [0.15, 0.2) is 67.3 Å². The van der Waals surface area contributed by atoms with E-state index in [0.717, 1.165) is 17.2 Å². The maximum atomic E-state index is 13.2. The molecule has 1 aliphatic carbocycles. The SMILES string of the molecule is O=C(Cc1cncnc1)CC1(C(=O)NCc2ccc(Nc3ccccc3C(F)(F)F)cc2)CC1. The monoisotopic (exact) mass is 468 g/mol. The van der Waals surface area contributed by atoms with Crippen LogP contribution >= 0.6 is 0 Å². The molecule has 1 heterocycles. The van der Waals surface area contributed by atoms with Crippen LogP contribution in [-0.2, 0) is 28.7 Å². The average Bonchev–Trinajstić information content (AvgIpc) is 3.59. The van der Waals surface area contributed by atoms with E-state index in [0.29, 0.717) is 18.5 Å². The van der Waals surface area contributed by atoms with Crippen LogP contribution in [0.2, 0.25) is 0 Å². The van der Waals surface area contributed by atoms with Gasteiger partial charge in [-0.25, -0.2) is 9.97 Å². The first-order valence-electron chi connectivity index (χ1n) is 10.8. The predicted molar refractivity (Wildman–Crippen MR) is 120 cm³/mol. The van der Waals surface area contributed by atoms with Gasteiger partial charge in [0.15, 0.2) is 0 Å². The van der Waals surface area contributed by atoms with E-state index in [4.69, 9.17) is 0 Å². The highest BCUT2D eigenvalue weighted by Gasteiger charge is 2.50. The summed E-state index contributed by atoms with van der Waals surface area (Å²) >= 11 is 0. The summed E-state index contributed by atoms with van der Waals surface area (Å²) in [6.07, 6.45) is 1.82. The van der Waals surface area contributed by atoms with Gasteiger partial charge in [0.05, 0.1) is 16.7 Å². The number of alkyl halides is 3. The first kappa shape index (κ1) is 23.4. The quantitative estimate of drug-likeness (QED) is 0.470. The van der Waals surface area contributed by atoms with Crippen molar-refractivity contribution in [3.63, 3.8) is 0 Å². The second kappa shape index (κ2) is 9.62. The van der Waals surface area contributed by atoms with E-state index in [2.05, 4.69) is 20.6 Å². The van der Waals surface area contributed by atoms with Gasteiger partial charge in [-0.15, -0.1) is 0 Å². The first-order valence-corrected chi connectivity index (χ1v) is 10.8. The number of nitrogens with zero attached hydrogens (tertiary/aromatic N) is 2. The molecule has 2 aromatic carbocycles. The zero-order valence-corrected chi connectivity index (χ0v) is 18.2. The van der Waals surface area contributed by atoms with Crippen molar-refractivity contribution >= 4 is 23.1 Å². The molecule has 0 saturated heterocycles. The number of para-hydroxylation sites is 1. The lowest BCUT2D eigenvalue weighted by Crippen LogP contribution is -2.33. The number of halogens is 3. The highest BCUT2D eigenvalue weighted by atomic mass is 19.4. The third-order valence-corrected chi connectivity index (χ3v) is 5.80. The number of carbonyl (C=O) groups is 2. The third kappa shape index (κ3) is 5.78. The van der Waals surface area contributed by atoms with Crippen molar-refractivity contribution in [2.45, 2.75) is 38.4 Å². The second-order valence-corrected chi connectivity index (χ2v) is 8.47. The van der Waals surface area contributed by atoms with Crippen molar-refractivity contribution in [2.75, 3.05) is 5.32 Å². The molecule has 176 valence electrons. The van der Waals surface area contributed by atoms with Gasteiger partial charge in [0.1, 0.15) is 12.1 Å². The van der Waals surface area contributed by atoms with Gasteiger partial charge in [-0.2, -0.15) is 13.2 Å². The van der Waals surface area contributed by atoms with E-state index >= 15 is 0 Å². The van der Waals surface area contributed by atoms with Gasteiger partial charge in [-0.05, 0) is 48.2 Å². The van der Waals surface area contributed by atoms with Crippen molar-refractivity contribution < 1.29 is 22.8 Å². The molecule has 0 spiro atoms. The molecule has 1 fully saturated rings. The van der Waals surface area contributed by atoms with Crippen molar-refractivity contribution in [1.29, 1.82) is 0 Å². The van der Waals surface area contributed by atoms with Gasteiger partial charge in [0.25, 0.3) is 0 Å². The fourth-order valence-corrected chi connectivity index (χ4v) is 3.79. The summed E-state index contributed by atoms with van der Waals surface area (Å²) in [6.45, 7) is 0.265. The number of amides is 1. The lowest BCUT2D eigenvalue weighted by atomic mass is 9.95. The van der Waals surface area contributed by atoms with Crippen molar-refractivity contribution in [2.24, 2.45) is 5.41 Å². The summed E-state index contributed by atoms with van der Waals surface area (Å²) in [7, 11) is 0. The zero-order chi connectivity index (χ0) is 24.2. The lowest BCUT2D eigenvalue weighted by molar-refractivity contribution is -0.137. The van der Waals surface area contributed by atoms with Gasteiger partial charge < -0.3 is 10.6 Å². The molecular formula is C25H23F3N4O2. The van der Waals surface area contributed by atoms with E-state index < -0.39 is 17.2 Å². The van der Waals surface area contributed by atoms with Crippen LogP contribution in [0.3, 0.4) is 0 Å². The van der Waals surface area contributed by atoms with Gasteiger partial charge in [0.2, 0.25) is 5.91 Å². The van der Waals surface area contributed by atoms with Crippen LogP contribution in [0.5, 0.6) is 0 Å². The average molecular weight is 468 g/mol. The molecule has 0 unspecified atom stereocenters. The van der Waals surface area contributed by atoms with E-state index in [9.17, 15) is 22.8 Å². The summed E-state index contributed by atoms with van der Waals surface area (Å²) in [4.78, 5) is 32.9. The Morgan fingerprint density at radius 2 is 1.62 bits per heavy atom. The molecule has 1 amide bonds. The Morgan fingerprint density at radius 3 is 2.26 bits per heavy atom. The molecule has 1 aromatic heterocycles. The van der Waals surface area contributed by atoms with Gasteiger partial charge in [-0.1, -0.05) is 24.3 Å². The topological polar surface area (TPSA) is 84.0 Å². The van der Waals surface area contributed by atoms with Gasteiger partial charge in [0, 0.05) is 37.5 Å². The minimum Gasteiger partial charge on any atom is -0.355 e.